The first-order valence-corrected chi connectivity index (χ1v) is 8.78. The zero-order valence-corrected chi connectivity index (χ0v) is 15.3. The molecule has 1 heterocycles. The van der Waals surface area contributed by atoms with Crippen LogP contribution in [0, 0.1) is 11.7 Å². The van der Waals surface area contributed by atoms with Crippen LogP contribution in [0.1, 0.15) is 25.8 Å². The van der Waals surface area contributed by atoms with Crippen LogP contribution in [0.25, 0.3) is 0 Å². The highest BCUT2D eigenvalue weighted by molar-refractivity contribution is 5.77. The number of rotatable bonds is 6. The molecule has 4 nitrogen and oxygen atoms in total. The third-order valence-electron chi connectivity index (χ3n) is 4.71. The van der Waals surface area contributed by atoms with E-state index >= 15 is 0 Å². The number of benzene rings is 1. The normalized spacial score (nSPS) is 20.0. The van der Waals surface area contributed by atoms with Crippen molar-refractivity contribution >= 4 is 5.91 Å². The Morgan fingerprint density at radius 1 is 1.25 bits per heavy atom. The molecular weight excluding hydrogens is 305 g/mol. The molecule has 1 aromatic rings. The fraction of sp³-hybridized carbons (Fsp3) is 0.632. The van der Waals surface area contributed by atoms with Gasteiger partial charge in [0.05, 0.1) is 0 Å². The highest BCUT2D eigenvalue weighted by atomic mass is 19.1. The van der Waals surface area contributed by atoms with Gasteiger partial charge in [-0.1, -0.05) is 26.0 Å². The Hall–Kier alpha value is -1.46. The fourth-order valence-electron chi connectivity index (χ4n) is 3.14. The third-order valence-corrected chi connectivity index (χ3v) is 4.71. The van der Waals surface area contributed by atoms with Gasteiger partial charge in [-0.25, -0.2) is 4.39 Å². The SMILES string of the molecule is CC(C)C1CN(CCN(C)C)CCC(=O)N1Cc1ccc(F)cc1. The van der Waals surface area contributed by atoms with Crippen molar-refractivity contribution in [2.75, 3.05) is 40.3 Å². The number of nitrogens with zero attached hydrogens (tertiary/aromatic N) is 3. The van der Waals surface area contributed by atoms with Gasteiger partial charge in [-0.3, -0.25) is 9.69 Å². The molecule has 1 aliphatic heterocycles. The first-order chi connectivity index (χ1) is 11.4. The maximum Gasteiger partial charge on any atom is 0.224 e. The van der Waals surface area contributed by atoms with Crippen molar-refractivity contribution in [1.29, 1.82) is 0 Å². The minimum absolute atomic E-state index is 0.187. The lowest BCUT2D eigenvalue weighted by atomic mass is 10.0. The van der Waals surface area contributed by atoms with E-state index in [0.29, 0.717) is 18.9 Å². The van der Waals surface area contributed by atoms with Crippen molar-refractivity contribution in [3.8, 4) is 0 Å². The molecule has 1 fully saturated rings. The van der Waals surface area contributed by atoms with Gasteiger partial charge < -0.3 is 9.80 Å². The van der Waals surface area contributed by atoms with Crippen LogP contribution in [0.3, 0.4) is 0 Å². The highest BCUT2D eigenvalue weighted by Crippen LogP contribution is 2.21. The summed E-state index contributed by atoms with van der Waals surface area (Å²) in [7, 11) is 4.15. The molecule has 1 saturated heterocycles. The zero-order valence-electron chi connectivity index (χ0n) is 15.3. The van der Waals surface area contributed by atoms with Gasteiger partial charge in [0.1, 0.15) is 5.82 Å². The fourth-order valence-corrected chi connectivity index (χ4v) is 3.14. The Morgan fingerprint density at radius 2 is 1.92 bits per heavy atom. The number of halogens is 1. The average Bonchev–Trinajstić information content (AvgIpc) is 2.68. The second-order valence-electron chi connectivity index (χ2n) is 7.31. The molecule has 0 spiro atoms. The zero-order chi connectivity index (χ0) is 17.7. The molecule has 1 unspecified atom stereocenters. The van der Waals surface area contributed by atoms with E-state index in [1.54, 1.807) is 12.1 Å². The average molecular weight is 335 g/mol. The minimum atomic E-state index is -0.240. The maximum absolute atomic E-state index is 13.1. The molecule has 1 amide bonds. The lowest BCUT2D eigenvalue weighted by molar-refractivity contribution is -0.134. The number of amides is 1. The molecule has 1 aliphatic rings. The van der Waals surface area contributed by atoms with Gasteiger partial charge >= 0.3 is 0 Å². The Morgan fingerprint density at radius 3 is 2.50 bits per heavy atom. The molecule has 0 bridgehead atoms. The van der Waals surface area contributed by atoms with Gasteiger partial charge in [-0.15, -0.1) is 0 Å². The molecular formula is C19H30FN3O. The first kappa shape index (κ1) is 18.9. The number of hydrogen-bond acceptors (Lipinski definition) is 3. The Balaban J connectivity index is 2.12. The first-order valence-electron chi connectivity index (χ1n) is 8.78. The number of carbonyl (C=O) groups is 1. The Bertz CT molecular complexity index is 530. The summed E-state index contributed by atoms with van der Waals surface area (Å²) in [4.78, 5) is 19.3. The van der Waals surface area contributed by atoms with E-state index in [-0.39, 0.29) is 17.8 Å². The van der Waals surface area contributed by atoms with E-state index < -0.39 is 0 Å². The van der Waals surface area contributed by atoms with Crippen molar-refractivity contribution in [2.45, 2.75) is 32.9 Å². The predicted molar refractivity (Wildman–Crippen MR) is 95.2 cm³/mol. The molecule has 1 aromatic carbocycles. The largest absolute Gasteiger partial charge is 0.334 e. The van der Waals surface area contributed by atoms with Gasteiger partial charge in [0.2, 0.25) is 5.91 Å². The molecule has 134 valence electrons. The predicted octanol–water partition coefficient (Wildman–Crippen LogP) is 2.45. The van der Waals surface area contributed by atoms with Crippen molar-refractivity contribution in [2.24, 2.45) is 5.92 Å². The van der Waals surface area contributed by atoms with E-state index in [4.69, 9.17) is 0 Å². The summed E-state index contributed by atoms with van der Waals surface area (Å²) in [6, 6.07) is 6.66. The molecule has 1 atom stereocenters. The molecule has 0 saturated carbocycles. The number of hydrogen-bond donors (Lipinski definition) is 0. The minimum Gasteiger partial charge on any atom is -0.334 e. The third kappa shape index (κ3) is 5.28. The van der Waals surface area contributed by atoms with Crippen LogP contribution in [0.4, 0.5) is 4.39 Å². The van der Waals surface area contributed by atoms with Crippen LogP contribution in [0.15, 0.2) is 24.3 Å². The van der Waals surface area contributed by atoms with Crippen LogP contribution in [-0.2, 0) is 11.3 Å². The van der Waals surface area contributed by atoms with Gasteiger partial charge in [-0.05, 0) is 37.7 Å². The summed E-state index contributed by atoms with van der Waals surface area (Å²) < 4.78 is 13.1. The number of likely N-dealkylation sites (N-methyl/N-ethyl adjacent to an activating group) is 1. The quantitative estimate of drug-likeness (QED) is 0.799. The van der Waals surface area contributed by atoms with Crippen molar-refractivity contribution in [3.63, 3.8) is 0 Å². The lowest BCUT2D eigenvalue weighted by Gasteiger charge is -2.35. The van der Waals surface area contributed by atoms with E-state index in [1.165, 1.54) is 12.1 Å². The topological polar surface area (TPSA) is 26.8 Å². The second kappa shape index (κ2) is 8.58. The van der Waals surface area contributed by atoms with E-state index in [2.05, 4.69) is 37.7 Å². The lowest BCUT2D eigenvalue weighted by Crippen LogP contribution is -2.46. The Kier molecular flexibility index (Phi) is 6.75. The summed E-state index contributed by atoms with van der Waals surface area (Å²) in [5, 5.41) is 0. The van der Waals surface area contributed by atoms with Crippen molar-refractivity contribution in [3.05, 3.63) is 35.6 Å². The maximum atomic E-state index is 13.1. The summed E-state index contributed by atoms with van der Waals surface area (Å²) in [6.45, 7) is 8.60. The highest BCUT2D eigenvalue weighted by Gasteiger charge is 2.31. The van der Waals surface area contributed by atoms with E-state index in [1.807, 2.05) is 4.90 Å². The van der Waals surface area contributed by atoms with Gasteiger partial charge in [0.15, 0.2) is 0 Å². The molecule has 5 heteroatoms. The Labute approximate surface area is 145 Å². The van der Waals surface area contributed by atoms with Gasteiger partial charge in [0.25, 0.3) is 0 Å². The monoisotopic (exact) mass is 335 g/mol. The van der Waals surface area contributed by atoms with E-state index in [9.17, 15) is 9.18 Å². The molecule has 0 aromatic heterocycles. The molecule has 24 heavy (non-hydrogen) atoms. The summed E-state index contributed by atoms with van der Waals surface area (Å²) in [6.07, 6.45) is 0.553. The molecule has 0 aliphatic carbocycles. The van der Waals surface area contributed by atoms with Gasteiger partial charge in [-0.2, -0.15) is 0 Å². The van der Waals surface area contributed by atoms with Crippen LogP contribution in [-0.4, -0.2) is 66.9 Å². The van der Waals surface area contributed by atoms with Gasteiger partial charge in [0, 0.05) is 45.2 Å². The summed E-state index contributed by atoms with van der Waals surface area (Å²) >= 11 is 0. The van der Waals surface area contributed by atoms with Crippen molar-refractivity contribution in [1.82, 2.24) is 14.7 Å². The number of carbonyl (C=O) groups excluding carboxylic acids is 1. The van der Waals surface area contributed by atoms with Crippen LogP contribution < -0.4 is 0 Å². The molecule has 2 rings (SSSR count). The van der Waals surface area contributed by atoms with Crippen LogP contribution >= 0.6 is 0 Å². The smallest absolute Gasteiger partial charge is 0.224 e. The summed E-state index contributed by atoms with van der Waals surface area (Å²) in [5.74, 6) is 0.343. The van der Waals surface area contributed by atoms with Crippen molar-refractivity contribution < 1.29 is 9.18 Å². The molecule has 0 N–H and O–H groups in total. The van der Waals surface area contributed by atoms with E-state index in [0.717, 1.165) is 31.7 Å². The standard InChI is InChI=1S/C19H30FN3O/c1-15(2)18-14-22(12-11-21(3)4)10-9-19(24)23(18)13-16-5-7-17(20)8-6-16/h5-8,15,18H,9-14H2,1-4H3. The van der Waals surface area contributed by atoms with Crippen LogP contribution in [0.5, 0.6) is 0 Å². The van der Waals surface area contributed by atoms with Crippen LogP contribution in [0.2, 0.25) is 0 Å². The second-order valence-corrected chi connectivity index (χ2v) is 7.31. The summed E-state index contributed by atoms with van der Waals surface area (Å²) in [5.41, 5.74) is 0.983. The molecule has 0 radical (unpaired) electrons.